The first kappa shape index (κ1) is 10.1. The predicted molar refractivity (Wildman–Crippen MR) is 56.4 cm³/mol. The van der Waals surface area contributed by atoms with Crippen LogP contribution in [-0.2, 0) is 0 Å². The van der Waals surface area contributed by atoms with Gasteiger partial charge >= 0.3 is 0 Å². The molecule has 0 spiro atoms. The van der Waals surface area contributed by atoms with E-state index in [9.17, 15) is 9.50 Å². The third kappa shape index (κ3) is 1.84. The molecule has 2 rings (SSSR count). The number of benzene rings is 1. The lowest BCUT2D eigenvalue weighted by molar-refractivity contribution is 0.0615. The van der Waals surface area contributed by atoms with Crippen LogP contribution in [0.2, 0.25) is 0 Å². The molecule has 76 valence electrons. The zero-order valence-electron chi connectivity index (χ0n) is 7.71. The summed E-state index contributed by atoms with van der Waals surface area (Å²) in [5.74, 6) is 0.0817. The summed E-state index contributed by atoms with van der Waals surface area (Å²) >= 11 is 3.27. The van der Waals surface area contributed by atoms with Crippen molar-refractivity contribution in [1.29, 1.82) is 0 Å². The average Bonchev–Trinajstić information content (AvgIpc) is 2.00. The summed E-state index contributed by atoms with van der Waals surface area (Å²) in [5, 5.41) is 9.96. The Morgan fingerprint density at radius 3 is 2.64 bits per heavy atom. The Hall–Kier alpha value is -0.410. The fourth-order valence-electron chi connectivity index (χ4n) is 1.75. The quantitative estimate of drug-likeness (QED) is 0.862. The molecule has 3 heteroatoms. The van der Waals surface area contributed by atoms with Gasteiger partial charge < -0.3 is 5.11 Å². The van der Waals surface area contributed by atoms with Gasteiger partial charge in [0.25, 0.3) is 0 Å². The first-order chi connectivity index (χ1) is 6.68. The number of rotatable bonds is 2. The van der Waals surface area contributed by atoms with Crippen molar-refractivity contribution in [1.82, 2.24) is 0 Å². The van der Waals surface area contributed by atoms with Crippen LogP contribution >= 0.6 is 15.9 Å². The van der Waals surface area contributed by atoms with Crippen molar-refractivity contribution in [2.45, 2.75) is 25.4 Å². The molecule has 1 aromatic carbocycles. The molecule has 1 saturated carbocycles. The minimum atomic E-state index is -0.446. The maximum Gasteiger partial charge on any atom is 0.124 e. The van der Waals surface area contributed by atoms with Gasteiger partial charge in [-0.15, -0.1) is 0 Å². The molecule has 0 saturated heterocycles. The molecule has 0 unspecified atom stereocenters. The third-order valence-corrected chi connectivity index (χ3v) is 3.56. The SMILES string of the molecule is O[C@H](c1ccc(F)cc1Br)C1CCC1. The highest BCUT2D eigenvalue weighted by Gasteiger charge is 2.27. The first-order valence-electron chi connectivity index (χ1n) is 4.81. The summed E-state index contributed by atoms with van der Waals surface area (Å²) < 4.78 is 13.5. The van der Waals surface area contributed by atoms with Crippen LogP contribution in [0.3, 0.4) is 0 Å². The Morgan fingerprint density at radius 2 is 2.14 bits per heavy atom. The molecule has 1 fully saturated rings. The van der Waals surface area contributed by atoms with Crippen LogP contribution < -0.4 is 0 Å². The second-order valence-corrected chi connectivity index (χ2v) is 4.66. The molecule has 0 aromatic heterocycles. The summed E-state index contributed by atoms with van der Waals surface area (Å²) in [5.41, 5.74) is 0.802. The smallest absolute Gasteiger partial charge is 0.124 e. The van der Waals surface area contributed by atoms with Crippen LogP contribution in [0.25, 0.3) is 0 Å². The van der Waals surface area contributed by atoms with Gasteiger partial charge in [0.2, 0.25) is 0 Å². The van der Waals surface area contributed by atoms with E-state index in [0.29, 0.717) is 10.4 Å². The van der Waals surface area contributed by atoms with Gasteiger partial charge in [-0.25, -0.2) is 4.39 Å². The highest BCUT2D eigenvalue weighted by Crippen LogP contribution is 2.39. The minimum Gasteiger partial charge on any atom is -0.388 e. The Morgan fingerprint density at radius 1 is 1.43 bits per heavy atom. The Kier molecular flexibility index (Phi) is 2.88. The Bertz CT molecular complexity index is 336. The van der Waals surface area contributed by atoms with E-state index in [-0.39, 0.29) is 5.82 Å². The molecule has 1 atom stereocenters. The summed E-state index contributed by atoms with van der Waals surface area (Å²) in [7, 11) is 0. The lowest BCUT2D eigenvalue weighted by atomic mass is 9.79. The second-order valence-electron chi connectivity index (χ2n) is 3.80. The molecular formula is C11H12BrFO. The normalized spacial score (nSPS) is 19.1. The van der Waals surface area contributed by atoms with Gasteiger partial charge in [-0.05, 0) is 36.5 Å². The van der Waals surface area contributed by atoms with Crippen molar-refractivity contribution in [2.24, 2.45) is 5.92 Å². The minimum absolute atomic E-state index is 0.276. The van der Waals surface area contributed by atoms with Crippen molar-refractivity contribution < 1.29 is 9.50 Å². The lowest BCUT2D eigenvalue weighted by Gasteiger charge is -2.30. The molecule has 1 aromatic rings. The van der Waals surface area contributed by atoms with Gasteiger partial charge in [-0.3, -0.25) is 0 Å². The summed E-state index contributed by atoms with van der Waals surface area (Å²) in [6.07, 6.45) is 2.90. The van der Waals surface area contributed by atoms with E-state index in [1.54, 1.807) is 6.07 Å². The van der Waals surface area contributed by atoms with Crippen molar-refractivity contribution >= 4 is 15.9 Å². The highest BCUT2D eigenvalue weighted by atomic mass is 79.9. The van der Waals surface area contributed by atoms with E-state index in [0.717, 1.165) is 18.4 Å². The standard InChI is InChI=1S/C11H12BrFO/c12-10-6-8(13)4-5-9(10)11(14)7-2-1-3-7/h4-7,11,14H,1-3H2/t11-/m0/s1. The van der Waals surface area contributed by atoms with Gasteiger partial charge in [-0.1, -0.05) is 28.4 Å². The van der Waals surface area contributed by atoms with Crippen LogP contribution in [-0.4, -0.2) is 5.11 Å². The topological polar surface area (TPSA) is 20.2 Å². The predicted octanol–water partition coefficient (Wildman–Crippen LogP) is 3.42. The van der Waals surface area contributed by atoms with Crippen molar-refractivity contribution in [3.05, 3.63) is 34.1 Å². The molecule has 0 heterocycles. The van der Waals surface area contributed by atoms with Gasteiger partial charge in [0, 0.05) is 4.47 Å². The highest BCUT2D eigenvalue weighted by molar-refractivity contribution is 9.10. The zero-order valence-corrected chi connectivity index (χ0v) is 9.30. The molecule has 1 aliphatic carbocycles. The molecule has 0 radical (unpaired) electrons. The first-order valence-corrected chi connectivity index (χ1v) is 5.61. The van der Waals surface area contributed by atoms with Crippen LogP contribution in [0.1, 0.15) is 30.9 Å². The molecule has 14 heavy (non-hydrogen) atoms. The number of hydrogen-bond acceptors (Lipinski definition) is 1. The fourth-order valence-corrected chi connectivity index (χ4v) is 2.34. The summed E-state index contributed by atoms with van der Waals surface area (Å²) in [4.78, 5) is 0. The summed E-state index contributed by atoms with van der Waals surface area (Å²) in [6.45, 7) is 0. The maximum absolute atomic E-state index is 12.8. The molecule has 0 amide bonds. The van der Waals surface area contributed by atoms with E-state index in [2.05, 4.69) is 15.9 Å². The Labute approximate surface area is 91.1 Å². The number of hydrogen-bond donors (Lipinski definition) is 1. The lowest BCUT2D eigenvalue weighted by Crippen LogP contribution is -2.20. The number of aliphatic hydroxyl groups excluding tert-OH is 1. The molecular weight excluding hydrogens is 247 g/mol. The average molecular weight is 259 g/mol. The largest absolute Gasteiger partial charge is 0.388 e. The molecule has 1 N–H and O–H groups in total. The molecule has 0 aliphatic heterocycles. The van der Waals surface area contributed by atoms with Crippen LogP contribution in [0.5, 0.6) is 0 Å². The number of halogens is 2. The Balaban J connectivity index is 2.22. The molecule has 1 nitrogen and oxygen atoms in total. The van der Waals surface area contributed by atoms with E-state index in [1.807, 2.05) is 0 Å². The zero-order chi connectivity index (χ0) is 10.1. The summed E-state index contributed by atoms with van der Waals surface area (Å²) in [6, 6.07) is 4.45. The van der Waals surface area contributed by atoms with E-state index in [1.165, 1.54) is 18.6 Å². The fraction of sp³-hybridized carbons (Fsp3) is 0.455. The van der Waals surface area contributed by atoms with Gasteiger partial charge in [0.1, 0.15) is 5.82 Å². The van der Waals surface area contributed by atoms with Crippen molar-refractivity contribution in [3.63, 3.8) is 0 Å². The van der Waals surface area contributed by atoms with Gasteiger partial charge in [-0.2, -0.15) is 0 Å². The number of aliphatic hydroxyl groups is 1. The second kappa shape index (κ2) is 3.99. The van der Waals surface area contributed by atoms with Gasteiger partial charge in [0.05, 0.1) is 6.10 Å². The monoisotopic (exact) mass is 258 g/mol. The van der Waals surface area contributed by atoms with Crippen molar-refractivity contribution in [2.75, 3.05) is 0 Å². The van der Waals surface area contributed by atoms with Crippen LogP contribution in [0.15, 0.2) is 22.7 Å². The van der Waals surface area contributed by atoms with Crippen LogP contribution in [0, 0.1) is 11.7 Å². The van der Waals surface area contributed by atoms with Crippen LogP contribution in [0.4, 0.5) is 4.39 Å². The maximum atomic E-state index is 12.8. The molecule has 0 bridgehead atoms. The van der Waals surface area contributed by atoms with E-state index >= 15 is 0 Å². The third-order valence-electron chi connectivity index (χ3n) is 2.88. The molecule has 1 aliphatic rings. The van der Waals surface area contributed by atoms with E-state index in [4.69, 9.17) is 0 Å². The van der Waals surface area contributed by atoms with Gasteiger partial charge in [0.15, 0.2) is 0 Å². The van der Waals surface area contributed by atoms with Crippen molar-refractivity contribution in [3.8, 4) is 0 Å². The van der Waals surface area contributed by atoms with E-state index < -0.39 is 6.10 Å².